The zero-order valence-corrected chi connectivity index (χ0v) is 8.84. The molecule has 1 aromatic carbocycles. The molecule has 6 heteroatoms. The Morgan fingerprint density at radius 1 is 1.40 bits per heavy atom. The molecule has 1 rings (SSSR count). The van der Waals surface area contributed by atoms with Crippen LogP contribution in [0.15, 0.2) is 29.2 Å². The number of benzene rings is 1. The van der Waals surface area contributed by atoms with Crippen LogP contribution >= 0.6 is 0 Å². The lowest BCUT2D eigenvalue weighted by Crippen LogP contribution is -2.30. The summed E-state index contributed by atoms with van der Waals surface area (Å²) in [5, 5.41) is 0. The van der Waals surface area contributed by atoms with E-state index in [1.54, 1.807) is 4.72 Å². The molecule has 0 bridgehead atoms. The smallest absolute Gasteiger partial charge is 0.266 e. The third-order valence-electron chi connectivity index (χ3n) is 1.70. The summed E-state index contributed by atoms with van der Waals surface area (Å²) in [6, 6.07) is 4.87. The van der Waals surface area contributed by atoms with Gasteiger partial charge in [-0.3, -0.25) is 4.79 Å². The van der Waals surface area contributed by atoms with E-state index in [0.29, 0.717) is 0 Å². The Morgan fingerprint density at radius 2 is 2.00 bits per heavy atom. The van der Waals surface area contributed by atoms with E-state index in [-0.39, 0.29) is 6.42 Å². The van der Waals surface area contributed by atoms with Gasteiger partial charge in [0.1, 0.15) is 10.7 Å². The van der Waals surface area contributed by atoms with Crippen molar-refractivity contribution in [2.45, 2.75) is 18.2 Å². The molecule has 1 amide bonds. The Hall–Kier alpha value is -1.43. The van der Waals surface area contributed by atoms with Crippen molar-refractivity contribution < 1.29 is 17.6 Å². The fraction of sp³-hybridized carbons (Fsp3) is 0.222. The first-order valence-electron chi connectivity index (χ1n) is 4.27. The van der Waals surface area contributed by atoms with Crippen LogP contribution in [0.5, 0.6) is 0 Å². The molecular formula is C9H10FNO3S. The minimum atomic E-state index is -4.08. The minimum absolute atomic E-state index is 0.0215. The Kier molecular flexibility index (Phi) is 3.41. The number of nitrogens with one attached hydrogen (secondary N) is 1. The molecule has 82 valence electrons. The van der Waals surface area contributed by atoms with Crippen molar-refractivity contribution in [2.24, 2.45) is 0 Å². The summed E-state index contributed by atoms with van der Waals surface area (Å²) in [5.74, 6) is -1.55. The van der Waals surface area contributed by atoms with Crippen LogP contribution in [0.4, 0.5) is 4.39 Å². The lowest BCUT2D eigenvalue weighted by Gasteiger charge is -2.05. The van der Waals surface area contributed by atoms with Crippen molar-refractivity contribution in [1.29, 1.82) is 0 Å². The summed E-state index contributed by atoms with van der Waals surface area (Å²) in [6.45, 7) is 1.51. The van der Waals surface area contributed by atoms with Gasteiger partial charge in [0.05, 0.1) is 0 Å². The number of carbonyl (C=O) groups is 1. The SMILES string of the molecule is CCC(=O)NS(=O)(=O)c1ccccc1F. The monoisotopic (exact) mass is 231 g/mol. The number of carbonyl (C=O) groups excluding carboxylic acids is 1. The molecule has 0 aliphatic rings. The molecule has 4 nitrogen and oxygen atoms in total. The molecule has 0 fully saturated rings. The molecule has 0 saturated heterocycles. The number of halogens is 1. The average Bonchev–Trinajstić information content (AvgIpc) is 2.17. The molecule has 0 spiro atoms. The molecule has 1 N–H and O–H groups in total. The van der Waals surface area contributed by atoms with Crippen LogP contribution in [0.25, 0.3) is 0 Å². The largest absolute Gasteiger partial charge is 0.274 e. The van der Waals surface area contributed by atoms with Gasteiger partial charge in [0.25, 0.3) is 10.0 Å². The van der Waals surface area contributed by atoms with Gasteiger partial charge in [-0.25, -0.2) is 17.5 Å². The fourth-order valence-corrected chi connectivity index (χ4v) is 2.08. The van der Waals surface area contributed by atoms with Crippen LogP contribution < -0.4 is 4.72 Å². The molecule has 0 aromatic heterocycles. The number of hydrogen-bond donors (Lipinski definition) is 1. The molecule has 0 atom stereocenters. The summed E-state index contributed by atoms with van der Waals surface area (Å²) in [6.07, 6.45) is 0.0215. The molecule has 0 aliphatic carbocycles. The van der Waals surface area contributed by atoms with Gasteiger partial charge in [0.2, 0.25) is 5.91 Å². The predicted molar refractivity (Wildman–Crippen MR) is 52.0 cm³/mol. The molecule has 0 saturated carbocycles. The average molecular weight is 231 g/mol. The third kappa shape index (κ3) is 2.76. The summed E-state index contributed by atoms with van der Waals surface area (Å²) in [4.78, 5) is 10.4. The van der Waals surface area contributed by atoms with Crippen molar-refractivity contribution in [3.8, 4) is 0 Å². The highest BCUT2D eigenvalue weighted by molar-refractivity contribution is 7.90. The van der Waals surface area contributed by atoms with Gasteiger partial charge >= 0.3 is 0 Å². The quantitative estimate of drug-likeness (QED) is 0.845. The first-order chi connectivity index (χ1) is 6.97. The third-order valence-corrected chi connectivity index (χ3v) is 3.10. The van der Waals surface area contributed by atoms with E-state index in [1.807, 2.05) is 0 Å². The van der Waals surface area contributed by atoms with E-state index in [1.165, 1.54) is 19.1 Å². The van der Waals surface area contributed by atoms with E-state index in [9.17, 15) is 17.6 Å². The van der Waals surface area contributed by atoms with Crippen molar-refractivity contribution in [1.82, 2.24) is 4.72 Å². The van der Waals surface area contributed by atoms with Crippen LogP contribution in [-0.2, 0) is 14.8 Å². The summed E-state index contributed by atoms with van der Waals surface area (Å²) in [7, 11) is -4.08. The number of rotatable bonds is 3. The predicted octanol–water partition coefficient (Wildman–Crippen LogP) is 1.04. The topological polar surface area (TPSA) is 63.2 Å². The summed E-state index contributed by atoms with van der Waals surface area (Å²) < 4.78 is 37.8. The van der Waals surface area contributed by atoms with E-state index in [0.717, 1.165) is 12.1 Å². The second-order valence-electron chi connectivity index (χ2n) is 2.81. The highest BCUT2D eigenvalue weighted by atomic mass is 32.2. The van der Waals surface area contributed by atoms with Gasteiger partial charge in [0.15, 0.2) is 0 Å². The highest BCUT2D eigenvalue weighted by Crippen LogP contribution is 2.12. The van der Waals surface area contributed by atoms with Gasteiger partial charge < -0.3 is 0 Å². The van der Waals surface area contributed by atoms with Crippen molar-refractivity contribution >= 4 is 15.9 Å². The van der Waals surface area contributed by atoms with Crippen LogP contribution in [0.3, 0.4) is 0 Å². The minimum Gasteiger partial charge on any atom is -0.274 e. The fourth-order valence-electron chi connectivity index (χ4n) is 0.940. The maximum absolute atomic E-state index is 13.1. The Morgan fingerprint density at radius 3 is 2.53 bits per heavy atom. The first-order valence-corrected chi connectivity index (χ1v) is 5.76. The van der Waals surface area contributed by atoms with E-state index < -0.39 is 26.6 Å². The molecule has 0 aliphatic heterocycles. The van der Waals surface area contributed by atoms with E-state index in [4.69, 9.17) is 0 Å². The Bertz CT molecular complexity index is 470. The normalized spacial score (nSPS) is 11.1. The zero-order chi connectivity index (χ0) is 11.5. The molecule has 0 radical (unpaired) electrons. The first kappa shape index (κ1) is 11.6. The molecule has 0 heterocycles. The number of amides is 1. The van der Waals surface area contributed by atoms with Gasteiger partial charge in [-0.15, -0.1) is 0 Å². The second-order valence-corrected chi connectivity index (χ2v) is 4.46. The number of hydrogen-bond acceptors (Lipinski definition) is 3. The van der Waals surface area contributed by atoms with Gasteiger partial charge in [0, 0.05) is 6.42 Å². The second kappa shape index (κ2) is 4.39. The Balaban J connectivity index is 3.07. The number of sulfonamides is 1. The van der Waals surface area contributed by atoms with Crippen molar-refractivity contribution in [3.63, 3.8) is 0 Å². The highest BCUT2D eigenvalue weighted by Gasteiger charge is 2.19. The van der Waals surface area contributed by atoms with Gasteiger partial charge in [-0.05, 0) is 12.1 Å². The Labute approximate surface area is 87.2 Å². The summed E-state index contributed by atoms with van der Waals surface area (Å²) >= 11 is 0. The van der Waals surface area contributed by atoms with Crippen LogP contribution in [0.2, 0.25) is 0 Å². The van der Waals surface area contributed by atoms with Gasteiger partial charge in [-0.2, -0.15) is 0 Å². The summed E-state index contributed by atoms with van der Waals surface area (Å²) in [5.41, 5.74) is 0. The van der Waals surface area contributed by atoms with Crippen LogP contribution in [0, 0.1) is 5.82 Å². The maximum Gasteiger partial charge on any atom is 0.266 e. The van der Waals surface area contributed by atoms with Crippen molar-refractivity contribution in [2.75, 3.05) is 0 Å². The maximum atomic E-state index is 13.1. The van der Waals surface area contributed by atoms with Crippen LogP contribution in [-0.4, -0.2) is 14.3 Å². The molecule has 0 unspecified atom stereocenters. The molecule has 1 aromatic rings. The lowest BCUT2D eigenvalue weighted by molar-refractivity contribution is -0.119. The van der Waals surface area contributed by atoms with Crippen molar-refractivity contribution in [3.05, 3.63) is 30.1 Å². The van der Waals surface area contributed by atoms with E-state index >= 15 is 0 Å². The van der Waals surface area contributed by atoms with Crippen LogP contribution in [0.1, 0.15) is 13.3 Å². The van der Waals surface area contributed by atoms with Gasteiger partial charge in [-0.1, -0.05) is 19.1 Å². The molecule has 15 heavy (non-hydrogen) atoms. The molecular weight excluding hydrogens is 221 g/mol. The lowest BCUT2D eigenvalue weighted by atomic mass is 10.4. The van der Waals surface area contributed by atoms with E-state index in [2.05, 4.69) is 0 Å². The zero-order valence-electron chi connectivity index (χ0n) is 8.03. The standard InChI is InChI=1S/C9H10FNO3S/c1-2-9(12)11-15(13,14)8-6-4-3-5-7(8)10/h3-6H,2H2,1H3,(H,11,12).